The van der Waals surface area contributed by atoms with Gasteiger partial charge < -0.3 is 4.74 Å². The molecule has 0 aliphatic rings. The summed E-state index contributed by atoms with van der Waals surface area (Å²) in [6.07, 6.45) is 1.60. The van der Waals surface area contributed by atoms with Crippen molar-refractivity contribution in [2.75, 3.05) is 6.61 Å². The van der Waals surface area contributed by atoms with Gasteiger partial charge in [-0.2, -0.15) is 0 Å². The number of ether oxygens (including phenoxy) is 1. The van der Waals surface area contributed by atoms with E-state index in [1.54, 1.807) is 0 Å². The number of unbranched alkanes of at least 4 members (excludes halogenated alkanes) is 1. The number of carbonyl (C=O) groups is 1. The van der Waals surface area contributed by atoms with E-state index in [2.05, 4.69) is 0 Å². The molecule has 0 aliphatic heterocycles. The third kappa shape index (κ3) is 6.08. The summed E-state index contributed by atoms with van der Waals surface area (Å²) in [5.74, 6) is -0.816. The number of alkyl halides is 3. The number of esters is 1. The summed E-state index contributed by atoms with van der Waals surface area (Å²) in [7, 11) is 0. The first-order valence-electron chi connectivity index (χ1n) is 4.10. The minimum atomic E-state index is -1.98. The first-order chi connectivity index (χ1) is 6.80. The molecule has 0 aromatic rings. The van der Waals surface area contributed by atoms with E-state index in [0.717, 1.165) is 12.8 Å². The van der Waals surface area contributed by atoms with Crippen molar-refractivity contribution in [1.82, 2.24) is 0 Å². The highest BCUT2D eigenvalue weighted by Crippen LogP contribution is 2.39. The zero-order chi connectivity index (χ0) is 12.1. The van der Waals surface area contributed by atoms with Crippen LogP contribution in [-0.2, 0) is 9.53 Å². The van der Waals surface area contributed by atoms with Crippen molar-refractivity contribution in [3.05, 3.63) is 10.1 Å². The lowest BCUT2D eigenvalue weighted by atomic mass is 10.3. The molecule has 0 amide bonds. The fraction of sp³-hybridized carbons (Fsp3) is 0.625. The van der Waals surface area contributed by atoms with Crippen molar-refractivity contribution in [1.29, 1.82) is 0 Å². The van der Waals surface area contributed by atoms with Crippen LogP contribution in [0, 0.1) is 0 Å². The van der Waals surface area contributed by atoms with E-state index in [1.807, 2.05) is 6.92 Å². The normalized spacial score (nSPS) is 11.1. The monoisotopic (exact) mass is 312 g/mol. The van der Waals surface area contributed by atoms with Gasteiger partial charge in [0.15, 0.2) is 0 Å². The van der Waals surface area contributed by atoms with Crippen LogP contribution in [0.15, 0.2) is 10.1 Å². The van der Waals surface area contributed by atoms with Crippen molar-refractivity contribution >= 4 is 64.0 Å². The summed E-state index contributed by atoms with van der Waals surface area (Å²) < 4.78 is 2.42. The summed E-state index contributed by atoms with van der Waals surface area (Å²) in [6, 6.07) is 0. The molecule has 0 atom stereocenters. The van der Waals surface area contributed by atoms with Gasteiger partial charge in [0.25, 0.3) is 0 Å². The molecule has 0 aliphatic carbocycles. The zero-order valence-corrected chi connectivity index (χ0v) is 11.6. The van der Waals surface area contributed by atoms with Gasteiger partial charge in [-0.05, 0) is 6.42 Å². The quantitative estimate of drug-likeness (QED) is 0.333. The lowest BCUT2D eigenvalue weighted by Gasteiger charge is -2.14. The second kappa shape index (κ2) is 7.08. The Bertz CT molecular complexity index is 252. The average molecular weight is 314 g/mol. The Kier molecular flexibility index (Phi) is 7.39. The van der Waals surface area contributed by atoms with Gasteiger partial charge >= 0.3 is 5.97 Å². The van der Waals surface area contributed by atoms with E-state index < -0.39 is 14.3 Å². The van der Waals surface area contributed by atoms with Gasteiger partial charge in [-0.15, -0.1) is 0 Å². The van der Waals surface area contributed by atoms with Crippen molar-refractivity contribution < 1.29 is 9.53 Å². The van der Waals surface area contributed by atoms with Gasteiger partial charge in [0, 0.05) is 0 Å². The van der Waals surface area contributed by atoms with Crippen LogP contribution < -0.4 is 0 Å². The molecule has 88 valence electrons. The predicted octanol–water partition coefficient (Wildman–Crippen LogP) is 4.39. The Hall–Kier alpha value is 0.660. The van der Waals surface area contributed by atoms with Crippen molar-refractivity contribution in [3.63, 3.8) is 0 Å². The average Bonchev–Trinajstić information content (AvgIpc) is 2.00. The van der Waals surface area contributed by atoms with Crippen LogP contribution in [0.2, 0.25) is 0 Å². The minimum absolute atomic E-state index is 0.237. The van der Waals surface area contributed by atoms with Crippen LogP contribution in [0.5, 0.6) is 0 Å². The predicted molar refractivity (Wildman–Crippen MR) is 64.9 cm³/mol. The maximum Gasteiger partial charge on any atom is 0.340 e. The number of hydrogen-bond acceptors (Lipinski definition) is 2. The fourth-order valence-corrected chi connectivity index (χ4v) is 1.92. The summed E-state index contributed by atoms with van der Waals surface area (Å²) in [5, 5.41) is 0. The first-order valence-corrected chi connectivity index (χ1v) is 5.99. The minimum Gasteiger partial charge on any atom is -0.462 e. The van der Waals surface area contributed by atoms with E-state index in [4.69, 9.17) is 62.7 Å². The van der Waals surface area contributed by atoms with E-state index in [0.29, 0.717) is 0 Å². The van der Waals surface area contributed by atoms with E-state index in [1.165, 1.54) is 0 Å². The largest absolute Gasteiger partial charge is 0.462 e. The van der Waals surface area contributed by atoms with Gasteiger partial charge in [-0.3, -0.25) is 0 Å². The van der Waals surface area contributed by atoms with E-state index in [-0.39, 0.29) is 12.2 Å². The fourth-order valence-electron chi connectivity index (χ4n) is 0.681. The number of rotatable bonds is 4. The Morgan fingerprint density at radius 3 is 2.13 bits per heavy atom. The molecule has 0 spiro atoms. The van der Waals surface area contributed by atoms with Crippen LogP contribution in [0.3, 0.4) is 0 Å². The molecule has 0 bridgehead atoms. The summed E-state index contributed by atoms with van der Waals surface area (Å²) in [5.41, 5.74) is -0.369. The molecule has 0 aromatic heterocycles. The van der Waals surface area contributed by atoms with E-state index in [9.17, 15) is 4.79 Å². The van der Waals surface area contributed by atoms with Crippen LogP contribution >= 0.6 is 58.0 Å². The van der Waals surface area contributed by atoms with Gasteiger partial charge in [0.05, 0.1) is 6.61 Å². The maximum atomic E-state index is 11.4. The highest BCUT2D eigenvalue weighted by Gasteiger charge is 2.35. The molecular weight excluding hydrogens is 305 g/mol. The molecule has 0 radical (unpaired) electrons. The van der Waals surface area contributed by atoms with Crippen molar-refractivity contribution in [2.24, 2.45) is 0 Å². The molecule has 0 aromatic carbocycles. The van der Waals surface area contributed by atoms with Crippen molar-refractivity contribution in [2.45, 2.75) is 23.6 Å². The zero-order valence-electron chi connectivity index (χ0n) is 7.83. The second-order valence-corrected chi connectivity index (χ2v) is 5.85. The van der Waals surface area contributed by atoms with E-state index >= 15 is 0 Å². The molecule has 0 saturated heterocycles. The molecule has 0 N–H and O–H groups in total. The Balaban J connectivity index is 4.55. The third-order valence-electron chi connectivity index (χ3n) is 1.41. The molecular formula is C8H9Cl5O2. The van der Waals surface area contributed by atoms with Gasteiger partial charge in [0.1, 0.15) is 10.1 Å². The molecule has 0 unspecified atom stereocenters. The summed E-state index contributed by atoms with van der Waals surface area (Å²) >= 11 is 27.4. The summed E-state index contributed by atoms with van der Waals surface area (Å²) in [4.78, 5) is 11.4. The van der Waals surface area contributed by atoms with Gasteiger partial charge in [-0.25, -0.2) is 4.79 Å². The second-order valence-electron chi connectivity index (χ2n) is 2.62. The van der Waals surface area contributed by atoms with Gasteiger partial charge in [-0.1, -0.05) is 71.3 Å². The smallest absolute Gasteiger partial charge is 0.340 e. The third-order valence-corrected chi connectivity index (χ3v) is 2.35. The van der Waals surface area contributed by atoms with Gasteiger partial charge in [0.2, 0.25) is 3.79 Å². The van der Waals surface area contributed by atoms with Crippen LogP contribution in [0.25, 0.3) is 0 Å². The SMILES string of the molecule is CCCCOC(=O)C(=C(Cl)Cl)C(Cl)(Cl)Cl. The molecule has 0 saturated carbocycles. The Labute approximate surface area is 113 Å². The first kappa shape index (κ1) is 15.7. The molecule has 2 nitrogen and oxygen atoms in total. The number of halogens is 5. The standard InChI is InChI=1S/C8H9Cl5O2/c1-2-3-4-15-7(14)5(6(9)10)8(11,12)13/h2-4H2,1H3. The highest BCUT2D eigenvalue weighted by atomic mass is 35.6. The molecule has 15 heavy (non-hydrogen) atoms. The summed E-state index contributed by atoms with van der Waals surface area (Å²) in [6.45, 7) is 2.19. The van der Waals surface area contributed by atoms with Crippen molar-refractivity contribution in [3.8, 4) is 0 Å². The lowest BCUT2D eigenvalue weighted by Crippen LogP contribution is -2.20. The number of hydrogen-bond donors (Lipinski definition) is 0. The van der Waals surface area contributed by atoms with Crippen LogP contribution in [-0.4, -0.2) is 16.4 Å². The molecule has 7 heteroatoms. The molecule has 0 heterocycles. The Morgan fingerprint density at radius 1 is 1.27 bits per heavy atom. The molecule has 0 rings (SSSR count). The topological polar surface area (TPSA) is 26.3 Å². The highest BCUT2D eigenvalue weighted by molar-refractivity contribution is 6.72. The maximum absolute atomic E-state index is 11.4. The molecule has 0 fully saturated rings. The Morgan fingerprint density at radius 2 is 1.80 bits per heavy atom. The van der Waals surface area contributed by atoms with Crippen LogP contribution in [0.1, 0.15) is 19.8 Å². The number of carbonyl (C=O) groups excluding carboxylic acids is 1. The van der Waals surface area contributed by atoms with Crippen LogP contribution in [0.4, 0.5) is 0 Å². The lowest BCUT2D eigenvalue weighted by molar-refractivity contribution is -0.139.